The quantitative estimate of drug-likeness (QED) is 0.311. The third-order valence-electron chi connectivity index (χ3n) is 5.12. The molecule has 1 amide bonds. The fourth-order valence-electron chi connectivity index (χ4n) is 3.77. The van der Waals surface area contributed by atoms with Crippen LogP contribution in [0.25, 0.3) is 11.0 Å². The number of benzene rings is 3. The van der Waals surface area contributed by atoms with Gasteiger partial charge in [0.25, 0.3) is 5.91 Å². The molecular formula is C23H12Br2FNO3. The molecule has 0 saturated heterocycles. The molecule has 7 heteroatoms. The van der Waals surface area contributed by atoms with E-state index in [1.165, 1.54) is 29.2 Å². The number of anilines is 1. The molecule has 0 bridgehead atoms. The summed E-state index contributed by atoms with van der Waals surface area (Å²) in [5.74, 6) is -0.841. The number of hydrogen-bond acceptors (Lipinski definition) is 3. The van der Waals surface area contributed by atoms with Crippen LogP contribution in [0.3, 0.4) is 0 Å². The minimum Gasteiger partial charge on any atom is -0.450 e. The fraction of sp³-hybridized carbons (Fsp3) is 0.0435. The van der Waals surface area contributed by atoms with Crippen molar-refractivity contribution in [2.75, 3.05) is 4.90 Å². The van der Waals surface area contributed by atoms with Gasteiger partial charge < -0.3 is 4.42 Å². The zero-order chi connectivity index (χ0) is 21.0. The number of nitrogens with zero attached hydrogens (tertiary/aromatic N) is 1. The van der Waals surface area contributed by atoms with E-state index in [2.05, 4.69) is 31.9 Å². The van der Waals surface area contributed by atoms with E-state index in [0.29, 0.717) is 16.7 Å². The van der Waals surface area contributed by atoms with Gasteiger partial charge in [0.1, 0.15) is 11.4 Å². The van der Waals surface area contributed by atoms with E-state index in [1.54, 1.807) is 18.2 Å². The van der Waals surface area contributed by atoms with E-state index >= 15 is 0 Å². The largest absolute Gasteiger partial charge is 0.450 e. The van der Waals surface area contributed by atoms with Gasteiger partial charge in [0.05, 0.1) is 17.0 Å². The lowest BCUT2D eigenvalue weighted by Gasteiger charge is -2.25. The molecule has 1 atom stereocenters. The molecule has 1 unspecified atom stereocenters. The highest BCUT2D eigenvalue weighted by molar-refractivity contribution is 9.10. The smallest absolute Gasteiger partial charge is 0.295 e. The molecule has 0 saturated carbocycles. The zero-order valence-corrected chi connectivity index (χ0v) is 18.4. The lowest BCUT2D eigenvalue weighted by Crippen LogP contribution is -2.29. The fourth-order valence-corrected chi connectivity index (χ4v) is 4.40. The molecule has 1 aromatic heterocycles. The highest BCUT2D eigenvalue weighted by Gasteiger charge is 2.43. The Morgan fingerprint density at radius 1 is 0.867 bits per heavy atom. The summed E-state index contributed by atoms with van der Waals surface area (Å²) in [4.78, 5) is 28.3. The monoisotopic (exact) mass is 527 g/mol. The number of carbonyl (C=O) groups excluding carboxylic acids is 1. The van der Waals surface area contributed by atoms with Crippen molar-refractivity contribution in [3.05, 3.63) is 109 Å². The predicted octanol–water partition coefficient (Wildman–Crippen LogP) is 6.21. The van der Waals surface area contributed by atoms with E-state index in [0.717, 1.165) is 14.5 Å². The minimum absolute atomic E-state index is 0.00654. The summed E-state index contributed by atoms with van der Waals surface area (Å²) in [6.07, 6.45) is 0. The average molecular weight is 529 g/mol. The summed E-state index contributed by atoms with van der Waals surface area (Å²) >= 11 is 6.80. The maximum absolute atomic E-state index is 13.5. The Morgan fingerprint density at radius 2 is 1.53 bits per heavy atom. The van der Waals surface area contributed by atoms with Crippen LogP contribution < -0.4 is 10.3 Å². The van der Waals surface area contributed by atoms with Crippen LogP contribution in [0.15, 0.2) is 84.9 Å². The SMILES string of the molecule is O=C1c2oc3ccc(Br)cc3c(=O)c2C(c2ccc(Br)cc2)N1c1ccc(F)cc1. The third-order valence-corrected chi connectivity index (χ3v) is 6.14. The Balaban J connectivity index is 1.81. The van der Waals surface area contributed by atoms with Gasteiger partial charge >= 0.3 is 0 Å². The molecule has 0 radical (unpaired) electrons. The number of fused-ring (bicyclic) bond motifs is 2. The van der Waals surface area contributed by atoms with Crippen LogP contribution in [0.1, 0.15) is 27.7 Å². The summed E-state index contributed by atoms with van der Waals surface area (Å²) in [6.45, 7) is 0. The Bertz CT molecular complexity index is 1360. The summed E-state index contributed by atoms with van der Waals surface area (Å²) in [5, 5.41) is 0.388. The molecule has 30 heavy (non-hydrogen) atoms. The highest BCUT2D eigenvalue weighted by Crippen LogP contribution is 2.41. The Labute approximate surface area is 187 Å². The Morgan fingerprint density at radius 3 is 2.23 bits per heavy atom. The van der Waals surface area contributed by atoms with Gasteiger partial charge in [-0.2, -0.15) is 0 Å². The normalized spacial score (nSPS) is 15.6. The molecule has 0 fully saturated rings. The van der Waals surface area contributed by atoms with Gasteiger partial charge in [-0.15, -0.1) is 0 Å². The van der Waals surface area contributed by atoms with Crippen LogP contribution >= 0.6 is 31.9 Å². The van der Waals surface area contributed by atoms with E-state index in [-0.39, 0.29) is 16.8 Å². The lowest BCUT2D eigenvalue weighted by atomic mass is 9.98. The number of carbonyl (C=O) groups is 1. The standard InChI is InChI=1S/C23H12Br2FNO3/c24-13-3-1-12(2-4-13)20-19-21(28)17-11-14(25)5-10-18(17)30-22(19)23(29)27(20)16-8-6-15(26)7-9-16/h1-11,20H. The Hall–Kier alpha value is -2.77. The van der Waals surface area contributed by atoms with Crippen molar-refractivity contribution in [1.29, 1.82) is 0 Å². The molecule has 1 aliphatic rings. The van der Waals surface area contributed by atoms with E-state index in [1.807, 2.05) is 24.3 Å². The summed E-state index contributed by atoms with van der Waals surface area (Å²) in [7, 11) is 0. The van der Waals surface area contributed by atoms with Gasteiger partial charge in [-0.1, -0.05) is 44.0 Å². The van der Waals surface area contributed by atoms with Crippen molar-refractivity contribution < 1.29 is 13.6 Å². The molecule has 0 N–H and O–H groups in total. The topological polar surface area (TPSA) is 50.5 Å². The first-order valence-corrected chi connectivity index (χ1v) is 10.6. The molecular weight excluding hydrogens is 517 g/mol. The van der Waals surface area contributed by atoms with Gasteiger partial charge in [0.2, 0.25) is 5.76 Å². The van der Waals surface area contributed by atoms with Gasteiger partial charge in [-0.05, 0) is 60.2 Å². The predicted molar refractivity (Wildman–Crippen MR) is 119 cm³/mol. The third kappa shape index (κ3) is 3.00. The van der Waals surface area contributed by atoms with Crippen molar-refractivity contribution in [2.45, 2.75) is 6.04 Å². The van der Waals surface area contributed by atoms with Crippen LogP contribution in [0.5, 0.6) is 0 Å². The molecule has 1 aliphatic heterocycles. The second-order valence-electron chi connectivity index (χ2n) is 6.92. The summed E-state index contributed by atoms with van der Waals surface area (Å²) in [6, 6.07) is 17.4. The molecule has 4 aromatic rings. The molecule has 148 valence electrons. The molecule has 3 aromatic carbocycles. The Kier molecular flexibility index (Phi) is 4.60. The summed E-state index contributed by atoms with van der Waals surface area (Å²) in [5.41, 5.74) is 1.57. The van der Waals surface area contributed by atoms with Crippen LogP contribution in [-0.2, 0) is 0 Å². The van der Waals surface area contributed by atoms with Gasteiger partial charge in [0, 0.05) is 14.6 Å². The van der Waals surface area contributed by atoms with Crippen LogP contribution in [-0.4, -0.2) is 5.91 Å². The van der Waals surface area contributed by atoms with Gasteiger partial charge in [-0.25, -0.2) is 4.39 Å². The highest BCUT2D eigenvalue weighted by atomic mass is 79.9. The maximum Gasteiger partial charge on any atom is 0.295 e. The van der Waals surface area contributed by atoms with Crippen molar-refractivity contribution in [3.8, 4) is 0 Å². The summed E-state index contributed by atoms with van der Waals surface area (Å²) < 4.78 is 21.0. The molecule has 0 spiro atoms. The van der Waals surface area contributed by atoms with Gasteiger partial charge in [-0.3, -0.25) is 14.5 Å². The molecule has 0 aliphatic carbocycles. The van der Waals surface area contributed by atoms with Crippen LogP contribution in [0, 0.1) is 5.82 Å². The second-order valence-corrected chi connectivity index (χ2v) is 8.75. The first kappa shape index (κ1) is 19.2. The first-order chi connectivity index (χ1) is 14.4. The number of amides is 1. The van der Waals surface area contributed by atoms with E-state index in [4.69, 9.17) is 4.42 Å². The molecule has 2 heterocycles. The van der Waals surface area contributed by atoms with Crippen molar-refractivity contribution in [2.24, 2.45) is 0 Å². The maximum atomic E-state index is 13.5. The number of halogens is 3. The average Bonchev–Trinajstić information content (AvgIpc) is 3.03. The minimum atomic E-state index is -0.689. The van der Waals surface area contributed by atoms with Gasteiger partial charge in [0.15, 0.2) is 5.43 Å². The van der Waals surface area contributed by atoms with Crippen molar-refractivity contribution in [1.82, 2.24) is 0 Å². The second kappa shape index (κ2) is 7.18. The lowest BCUT2D eigenvalue weighted by molar-refractivity contribution is 0.0971. The van der Waals surface area contributed by atoms with Crippen molar-refractivity contribution in [3.63, 3.8) is 0 Å². The van der Waals surface area contributed by atoms with E-state index in [9.17, 15) is 14.0 Å². The van der Waals surface area contributed by atoms with E-state index < -0.39 is 17.8 Å². The zero-order valence-electron chi connectivity index (χ0n) is 15.2. The molecule has 4 nitrogen and oxygen atoms in total. The van der Waals surface area contributed by atoms with Crippen LogP contribution in [0.2, 0.25) is 0 Å². The number of hydrogen-bond donors (Lipinski definition) is 0. The number of rotatable bonds is 2. The first-order valence-electron chi connectivity index (χ1n) is 9.05. The molecule has 5 rings (SSSR count). The van der Waals surface area contributed by atoms with Crippen LogP contribution in [0.4, 0.5) is 10.1 Å². The van der Waals surface area contributed by atoms with Crippen molar-refractivity contribution >= 4 is 54.4 Å².